The van der Waals surface area contributed by atoms with E-state index in [0.29, 0.717) is 5.56 Å². The molecule has 1 N–H and O–H groups in total. The second-order valence-corrected chi connectivity index (χ2v) is 8.11. The van der Waals surface area contributed by atoms with Crippen LogP contribution in [0.25, 0.3) is 28.1 Å². The highest BCUT2D eigenvalue weighted by Crippen LogP contribution is 2.41. The zero-order valence-electron chi connectivity index (χ0n) is 17.5. The van der Waals surface area contributed by atoms with Gasteiger partial charge in [-0.1, -0.05) is 39.8 Å². The molecule has 0 amide bonds. The fraction of sp³-hybridized carbons (Fsp3) is 0.333. The number of H-pyrrole nitrogens is 1. The van der Waals surface area contributed by atoms with Crippen molar-refractivity contribution in [2.45, 2.75) is 46.5 Å². The fourth-order valence-electron chi connectivity index (χ4n) is 3.40. The van der Waals surface area contributed by atoms with E-state index < -0.39 is 0 Å². The molecule has 2 heterocycles. The minimum Gasteiger partial charge on any atom is -0.496 e. The van der Waals surface area contributed by atoms with Crippen molar-refractivity contribution in [1.29, 1.82) is 0 Å². The molecule has 0 saturated heterocycles. The Bertz CT molecular complexity index is 1100. The number of nitrogens with zero attached hydrogens (tertiary/aromatic N) is 1. The van der Waals surface area contributed by atoms with Crippen molar-refractivity contribution < 1.29 is 4.74 Å². The second kappa shape index (κ2) is 7.63. The molecule has 146 valence electrons. The van der Waals surface area contributed by atoms with Gasteiger partial charge in [0.1, 0.15) is 5.75 Å². The summed E-state index contributed by atoms with van der Waals surface area (Å²) in [5.41, 5.74) is 4.86. The molecule has 4 nitrogen and oxygen atoms in total. The first kappa shape index (κ1) is 19.9. The number of rotatable bonds is 4. The number of hydrogen-bond acceptors (Lipinski definition) is 3. The van der Waals surface area contributed by atoms with Crippen molar-refractivity contribution in [1.82, 2.24) is 9.97 Å². The van der Waals surface area contributed by atoms with Crippen molar-refractivity contribution in [2.24, 2.45) is 0 Å². The summed E-state index contributed by atoms with van der Waals surface area (Å²) in [5.74, 6) is 0.814. The third-order valence-corrected chi connectivity index (χ3v) is 4.85. The molecule has 0 fully saturated rings. The molecule has 0 radical (unpaired) electrons. The zero-order chi connectivity index (χ0) is 20.5. The van der Waals surface area contributed by atoms with E-state index in [0.717, 1.165) is 45.5 Å². The first-order chi connectivity index (χ1) is 13.3. The van der Waals surface area contributed by atoms with Gasteiger partial charge < -0.3 is 9.72 Å². The molecule has 0 saturated carbocycles. The van der Waals surface area contributed by atoms with E-state index in [2.05, 4.69) is 57.0 Å². The second-order valence-electron chi connectivity index (χ2n) is 8.11. The minimum absolute atomic E-state index is 0.108. The summed E-state index contributed by atoms with van der Waals surface area (Å²) in [7, 11) is 1.69. The van der Waals surface area contributed by atoms with Gasteiger partial charge in [-0.15, -0.1) is 0 Å². The van der Waals surface area contributed by atoms with E-state index in [9.17, 15) is 4.79 Å². The summed E-state index contributed by atoms with van der Waals surface area (Å²) in [6.45, 7) is 10.4. The van der Waals surface area contributed by atoms with Crippen LogP contribution in [-0.4, -0.2) is 17.1 Å². The van der Waals surface area contributed by atoms with E-state index in [1.807, 2.05) is 25.3 Å². The first-order valence-electron chi connectivity index (χ1n) is 9.64. The Hall–Kier alpha value is -2.88. The Kier molecular flexibility index (Phi) is 5.41. The number of aryl methyl sites for hydroxylation is 1. The van der Waals surface area contributed by atoms with Crippen LogP contribution < -0.4 is 10.3 Å². The van der Waals surface area contributed by atoms with Gasteiger partial charge in [0, 0.05) is 34.0 Å². The number of aromatic amines is 1. The molecule has 0 aliphatic carbocycles. The maximum atomic E-state index is 12.7. The van der Waals surface area contributed by atoms with Gasteiger partial charge in [-0.25, -0.2) is 0 Å². The maximum Gasteiger partial charge on any atom is 0.256 e. The molecule has 0 unspecified atom stereocenters. The summed E-state index contributed by atoms with van der Waals surface area (Å²) >= 11 is 0. The topological polar surface area (TPSA) is 55.0 Å². The molecule has 4 heteroatoms. The van der Waals surface area contributed by atoms with Crippen LogP contribution in [-0.2, 0) is 5.41 Å². The Morgan fingerprint density at radius 1 is 1.18 bits per heavy atom. The summed E-state index contributed by atoms with van der Waals surface area (Å²) in [6.07, 6.45) is 6.97. The monoisotopic (exact) mass is 376 g/mol. The average molecular weight is 377 g/mol. The molecule has 0 spiro atoms. The normalized spacial score (nSPS) is 12.1. The fourth-order valence-corrected chi connectivity index (χ4v) is 3.40. The van der Waals surface area contributed by atoms with Crippen LogP contribution in [0.1, 0.15) is 50.9 Å². The van der Waals surface area contributed by atoms with Crippen molar-refractivity contribution in [3.8, 4) is 16.9 Å². The first-order valence-corrected chi connectivity index (χ1v) is 9.64. The number of allylic oxidation sites excluding steroid dienone is 1. The third-order valence-electron chi connectivity index (χ3n) is 4.85. The maximum absolute atomic E-state index is 12.7. The van der Waals surface area contributed by atoms with Gasteiger partial charge >= 0.3 is 0 Å². The highest BCUT2D eigenvalue weighted by Gasteiger charge is 2.24. The molecule has 0 bridgehead atoms. The highest BCUT2D eigenvalue weighted by atomic mass is 16.5. The Morgan fingerprint density at radius 3 is 2.54 bits per heavy atom. The van der Waals surface area contributed by atoms with E-state index in [-0.39, 0.29) is 11.0 Å². The number of nitrogens with one attached hydrogen (secondary N) is 1. The van der Waals surface area contributed by atoms with E-state index in [4.69, 9.17) is 9.72 Å². The third kappa shape index (κ3) is 3.72. The molecule has 0 atom stereocenters. The molecular formula is C24H28N2O2. The van der Waals surface area contributed by atoms with Crippen LogP contribution in [0.3, 0.4) is 0 Å². The summed E-state index contributed by atoms with van der Waals surface area (Å²) in [4.78, 5) is 20.3. The number of pyridine rings is 2. The lowest BCUT2D eigenvalue weighted by atomic mass is 9.83. The van der Waals surface area contributed by atoms with Gasteiger partial charge in [0.25, 0.3) is 5.56 Å². The smallest absolute Gasteiger partial charge is 0.256 e. The zero-order valence-corrected chi connectivity index (χ0v) is 17.5. The molecular weight excluding hydrogens is 348 g/mol. The Labute approximate surface area is 166 Å². The van der Waals surface area contributed by atoms with Crippen LogP contribution >= 0.6 is 0 Å². The number of aromatic nitrogens is 2. The summed E-state index contributed by atoms with van der Waals surface area (Å²) in [5, 5.41) is 0.920. The number of benzene rings is 1. The number of fused-ring (bicyclic) bond motifs is 1. The molecule has 3 aromatic rings. The molecule has 0 aliphatic rings. The predicted molar refractivity (Wildman–Crippen MR) is 117 cm³/mol. The SMILES string of the molecule is CCC=Cc1cnc2c(-c3ccc(C)[nH]c3=O)cc(C(C)(C)C)c(OC)c2c1. The van der Waals surface area contributed by atoms with Gasteiger partial charge in [0.2, 0.25) is 0 Å². The Morgan fingerprint density at radius 2 is 1.93 bits per heavy atom. The lowest BCUT2D eigenvalue weighted by Crippen LogP contribution is -2.15. The number of hydrogen-bond donors (Lipinski definition) is 1. The minimum atomic E-state index is -0.152. The van der Waals surface area contributed by atoms with E-state index >= 15 is 0 Å². The van der Waals surface area contributed by atoms with Crippen LogP contribution in [0.2, 0.25) is 0 Å². The quantitative estimate of drug-likeness (QED) is 0.642. The Balaban J connectivity index is 2.43. The highest BCUT2D eigenvalue weighted by molar-refractivity contribution is 5.99. The van der Waals surface area contributed by atoms with Crippen molar-refractivity contribution in [3.63, 3.8) is 0 Å². The van der Waals surface area contributed by atoms with Gasteiger partial charge in [-0.3, -0.25) is 9.78 Å². The lowest BCUT2D eigenvalue weighted by molar-refractivity contribution is 0.402. The largest absolute Gasteiger partial charge is 0.496 e. The van der Waals surface area contributed by atoms with Crippen LogP contribution in [0.15, 0.2) is 41.3 Å². The molecule has 1 aromatic carbocycles. The van der Waals surface area contributed by atoms with Crippen LogP contribution in [0.4, 0.5) is 0 Å². The lowest BCUT2D eigenvalue weighted by Gasteiger charge is -2.25. The molecule has 0 aliphatic heterocycles. The van der Waals surface area contributed by atoms with Gasteiger partial charge in [-0.2, -0.15) is 0 Å². The van der Waals surface area contributed by atoms with E-state index in [1.165, 1.54) is 0 Å². The standard InChI is InChI=1S/C24H28N2O2/c1-7-8-9-16-12-19-21(25-14-16)18(17-11-10-15(2)26-23(17)27)13-20(22(19)28-6)24(3,4)5/h8-14H,7H2,1-6H3,(H,26,27). The summed E-state index contributed by atoms with van der Waals surface area (Å²) < 4.78 is 5.83. The van der Waals surface area contributed by atoms with Gasteiger partial charge in [-0.05, 0) is 48.6 Å². The van der Waals surface area contributed by atoms with E-state index in [1.54, 1.807) is 7.11 Å². The van der Waals surface area contributed by atoms with Gasteiger partial charge in [0.05, 0.1) is 12.6 Å². The molecule has 2 aromatic heterocycles. The van der Waals surface area contributed by atoms with Crippen molar-refractivity contribution >= 4 is 17.0 Å². The predicted octanol–water partition coefficient (Wildman–Crippen LogP) is 5.63. The van der Waals surface area contributed by atoms with Gasteiger partial charge in [0.15, 0.2) is 0 Å². The molecule has 28 heavy (non-hydrogen) atoms. The molecule has 3 rings (SSSR count). The summed E-state index contributed by atoms with van der Waals surface area (Å²) in [6, 6.07) is 7.93. The number of methoxy groups -OCH3 is 1. The van der Waals surface area contributed by atoms with Crippen molar-refractivity contribution in [2.75, 3.05) is 7.11 Å². The number of ether oxygens (including phenoxy) is 1. The van der Waals surface area contributed by atoms with Crippen molar-refractivity contribution in [3.05, 3.63) is 63.7 Å². The average Bonchev–Trinajstić information content (AvgIpc) is 2.64. The van der Waals surface area contributed by atoms with Crippen LogP contribution in [0.5, 0.6) is 5.75 Å². The van der Waals surface area contributed by atoms with Crippen LogP contribution in [0, 0.1) is 6.92 Å².